The Morgan fingerprint density at radius 1 is 1.10 bits per heavy atom. The lowest BCUT2D eigenvalue weighted by molar-refractivity contribution is 0.0740. The molecule has 0 fully saturated rings. The Bertz CT molecular complexity index is 925. The molecule has 3 aromatic rings. The molecule has 0 bridgehead atoms. The van der Waals surface area contributed by atoms with E-state index in [0.29, 0.717) is 0 Å². The van der Waals surface area contributed by atoms with E-state index in [0.717, 1.165) is 24.2 Å². The van der Waals surface area contributed by atoms with Crippen LogP contribution >= 0.6 is 22.6 Å². The molecule has 5 nitrogen and oxygen atoms in total. The van der Waals surface area contributed by atoms with E-state index in [1.54, 1.807) is 7.11 Å². The molecule has 1 aromatic heterocycles. The number of hydrogen-bond donors (Lipinski definition) is 1. The van der Waals surface area contributed by atoms with Crippen molar-refractivity contribution < 1.29 is 9.84 Å². The smallest absolute Gasteiger partial charge is 0.0924 e. The van der Waals surface area contributed by atoms with E-state index < -0.39 is 0 Å². The fraction of sp³-hybridized carbons (Fsp3) is 0.333. The van der Waals surface area contributed by atoms with Crippen molar-refractivity contribution >= 4 is 22.6 Å². The van der Waals surface area contributed by atoms with E-state index in [4.69, 9.17) is 4.74 Å². The van der Waals surface area contributed by atoms with E-state index in [9.17, 15) is 5.11 Å². The number of aliphatic hydroxyl groups is 1. The van der Waals surface area contributed by atoms with Crippen molar-refractivity contribution in [2.45, 2.75) is 31.9 Å². The fourth-order valence-corrected chi connectivity index (χ4v) is 3.92. The largest absolute Gasteiger partial charge is 0.395 e. The Labute approximate surface area is 191 Å². The Morgan fingerprint density at radius 3 is 2.50 bits per heavy atom. The zero-order chi connectivity index (χ0) is 21.3. The van der Waals surface area contributed by atoms with Crippen molar-refractivity contribution in [2.24, 2.45) is 5.92 Å². The predicted octanol–water partition coefficient (Wildman–Crippen LogP) is 4.98. The molecule has 0 spiro atoms. The van der Waals surface area contributed by atoms with Gasteiger partial charge in [0.25, 0.3) is 0 Å². The lowest BCUT2D eigenvalue weighted by Gasteiger charge is -2.20. The lowest BCUT2D eigenvalue weighted by atomic mass is 9.96. The molecule has 30 heavy (non-hydrogen) atoms. The van der Waals surface area contributed by atoms with Gasteiger partial charge in [0.05, 0.1) is 24.3 Å². The second kappa shape index (κ2) is 11.4. The van der Waals surface area contributed by atoms with Gasteiger partial charge in [-0.2, -0.15) is 0 Å². The molecule has 0 saturated heterocycles. The molecule has 0 radical (unpaired) electrons. The van der Waals surface area contributed by atoms with E-state index in [1.807, 2.05) is 41.2 Å². The highest BCUT2D eigenvalue weighted by Gasteiger charge is 2.17. The third-order valence-corrected chi connectivity index (χ3v) is 5.91. The second-order valence-electron chi connectivity index (χ2n) is 7.34. The Morgan fingerprint density at radius 2 is 1.83 bits per heavy atom. The SMILES string of the molecule is CO[C@@H](c1ccc(I)cc1)[C@@H](C)/C=C/CCn1cc(C(CO)c2ccccc2)nn1. The predicted molar refractivity (Wildman–Crippen MR) is 127 cm³/mol. The number of halogens is 1. The molecule has 3 atom stereocenters. The van der Waals surface area contributed by atoms with Gasteiger partial charge in [0.15, 0.2) is 0 Å². The molecule has 3 rings (SSSR count). The van der Waals surface area contributed by atoms with Crippen LogP contribution in [0.2, 0.25) is 0 Å². The van der Waals surface area contributed by atoms with E-state index in [2.05, 4.69) is 76.2 Å². The maximum Gasteiger partial charge on any atom is 0.0924 e. The maximum atomic E-state index is 9.80. The first kappa shape index (κ1) is 22.7. The molecule has 1 unspecified atom stereocenters. The second-order valence-corrected chi connectivity index (χ2v) is 8.58. The number of rotatable bonds is 10. The summed E-state index contributed by atoms with van der Waals surface area (Å²) in [5, 5.41) is 18.3. The molecule has 1 heterocycles. The van der Waals surface area contributed by atoms with Gasteiger partial charge < -0.3 is 9.84 Å². The zero-order valence-corrected chi connectivity index (χ0v) is 19.5. The van der Waals surface area contributed by atoms with E-state index in [1.165, 1.54) is 9.13 Å². The molecule has 0 aliphatic heterocycles. The van der Waals surface area contributed by atoms with Gasteiger partial charge in [0.2, 0.25) is 0 Å². The number of nitrogens with zero attached hydrogens (tertiary/aromatic N) is 3. The summed E-state index contributed by atoms with van der Waals surface area (Å²) in [5.74, 6) is 0.116. The molecule has 0 saturated carbocycles. The number of ether oxygens (including phenoxy) is 1. The molecule has 0 amide bonds. The van der Waals surface area contributed by atoms with Crippen LogP contribution in [0.15, 0.2) is 72.9 Å². The van der Waals surface area contributed by atoms with Gasteiger partial charge in [0.1, 0.15) is 0 Å². The van der Waals surface area contributed by atoms with Gasteiger partial charge in [-0.3, -0.25) is 4.68 Å². The van der Waals surface area contributed by atoms with Crippen molar-refractivity contribution in [3.63, 3.8) is 0 Å². The average Bonchev–Trinajstić information content (AvgIpc) is 3.23. The number of hydrogen-bond acceptors (Lipinski definition) is 4. The Hall–Kier alpha value is -2.03. The fourth-order valence-electron chi connectivity index (χ4n) is 3.56. The molecule has 1 N–H and O–H groups in total. The van der Waals surface area contributed by atoms with Crippen molar-refractivity contribution in [3.8, 4) is 0 Å². The minimum absolute atomic E-state index is 0.0110. The van der Waals surface area contributed by atoms with Crippen molar-refractivity contribution in [1.82, 2.24) is 15.0 Å². The van der Waals surface area contributed by atoms with Crippen LogP contribution in [0.3, 0.4) is 0 Å². The van der Waals surface area contributed by atoms with Crippen molar-refractivity contribution in [3.05, 3.63) is 93.3 Å². The maximum absolute atomic E-state index is 9.80. The van der Waals surface area contributed by atoms with Crippen molar-refractivity contribution in [1.29, 1.82) is 0 Å². The molecular formula is C24H28IN3O2. The van der Waals surface area contributed by atoms with Crippen molar-refractivity contribution in [2.75, 3.05) is 13.7 Å². The molecule has 0 aliphatic carbocycles. The topological polar surface area (TPSA) is 60.2 Å². The van der Waals surface area contributed by atoms with Gasteiger partial charge in [-0.05, 0) is 52.3 Å². The summed E-state index contributed by atoms with van der Waals surface area (Å²) in [6.45, 7) is 2.92. The van der Waals surface area contributed by atoms with Crippen LogP contribution < -0.4 is 0 Å². The first-order chi connectivity index (χ1) is 14.6. The first-order valence-electron chi connectivity index (χ1n) is 10.1. The standard InChI is InChI=1S/C24H28IN3O2/c1-18(24(30-2)20-11-13-21(25)14-12-20)8-6-7-15-28-16-23(26-27-28)22(17-29)19-9-4-3-5-10-19/h3-6,8-14,16,18,22,24,29H,7,15,17H2,1-2H3/b8-6+/t18-,22?,24+/m0/s1. The summed E-state index contributed by atoms with van der Waals surface area (Å²) in [4.78, 5) is 0. The molecule has 0 aliphatic rings. The molecular weight excluding hydrogens is 489 g/mol. The minimum Gasteiger partial charge on any atom is -0.395 e. The summed E-state index contributed by atoms with van der Waals surface area (Å²) in [6.07, 6.45) is 7.18. The number of aryl methyl sites for hydroxylation is 1. The molecule has 158 valence electrons. The lowest BCUT2D eigenvalue weighted by Crippen LogP contribution is -2.10. The summed E-state index contributed by atoms with van der Waals surface area (Å²) in [6, 6.07) is 18.4. The van der Waals surface area contributed by atoms with Gasteiger partial charge in [-0.15, -0.1) is 5.10 Å². The van der Waals surface area contributed by atoms with Gasteiger partial charge in [0, 0.05) is 29.3 Å². The van der Waals surface area contributed by atoms with Crippen LogP contribution in [0, 0.1) is 9.49 Å². The van der Waals surface area contributed by atoms with E-state index in [-0.39, 0.29) is 24.5 Å². The summed E-state index contributed by atoms with van der Waals surface area (Å²) >= 11 is 2.31. The molecule has 6 heteroatoms. The van der Waals surface area contributed by atoms with Gasteiger partial charge in [-0.1, -0.05) is 66.8 Å². The van der Waals surface area contributed by atoms with Crippen LogP contribution in [0.4, 0.5) is 0 Å². The summed E-state index contributed by atoms with van der Waals surface area (Å²) in [7, 11) is 1.76. The van der Waals surface area contributed by atoms with Crippen LogP contribution in [-0.4, -0.2) is 33.8 Å². The highest BCUT2D eigenvalue weighted by molar-refractivity contribution is 14.1. The normalized spacial score (nSPS) is 14.7. The monoisotopic (exact) mass is 517 g/mol. The first-order valence-corrected chi connectivity index (χ1v) is 11.2. The number of methoxy groups -OCH3 is 1. The minimum atomic E-state index is -0.146. The van der Waals surface area contributed by atoms with Crippen LogP contribution in [0.25, 0.3) is 0 Å². The number of benzene rings is 2. The average molecular weight is 517 g/mol. The number of aromatic nitrogens is 3. The van der Waals surface area contributed by atoms with Crippen LogP contribution in [-0.2, 0) is 11.3 Å². The van der Waals surface area contributed by atoms with E-state index >= 15 is 0 Å². The zero-order valence-electron chi connectivity index (χ0n) is 17.4. The Balaban J connectivity index is 1.56. The quantitative estimate of drug-likeness (QED) is 0.305. The van der Waals surface area contributed by atoms with Crippen LogP contribution in [0.5, 0.6) is 0 Å². The summed E-state index contributed by atoms with van der Waals surface area (Å²) in [5.41, 5.74) is 3.02. The summed E-state index contributed by atoms with van der Waals surface area (Å²) < 4.78 is 8.79. The third kappa shape index (κ3) is 6.00. The Kier molecular flexibility index (Phi) is 8.60. The third-order valence-electron chi connectivity index (χ3n) is 5.19. The van der Waals surface area contributed by atoms with Crippen LogP contribution in [0.1, 0.15) is 42.2 Å². The van der Waals surface area contributed by atoms with Gasteiger partial charge >= 0.3 is 0 Å². The van der Waals surface area contributed by atoms with Gasteiger partial charge in [-0.25, -0.2) is 0 Å². The number of allylic oxidation sites excluding steroid dienone is 1. The highest BCUT2D eigenvalue weighted by atomic mass is 127. The molecule has 2 aromatic carbocycles. The number of aliphatic hydroxyl groups excluding tert-OH is 1. The highest BCUT2D eigenvalue weighted by Crippen LogP contribution is 2.27.